The first-order valence-corrected chi connectivity index (χ1v) is 11.7. The summed E-state index contributed by atoms with van der Waals surface area (Å²) < 4.78 is 25.6. The van der Waals surface area contributed by atoms with E-state index in [1.807, 2.05) is 6.92 Å². The van der Waals surface area contributed by atoms with Crippen molar-refractivity contribution in [2.45, 2.75) is 57.9 Å². The van der Waals surface area contributed by atoms with E-state index in [9.17, 15) is 13.2 Å². The first kappa shape index (κ1) is 20.1. The van der Waals surface area contributed by atoms with Gasteiger partial charge in [-0.3, -0.25) is 9.10 Å². The van der Waals surface area contributed by atoms with Gasteiger partial charge in [0, 0.05) is 31.2 Å². The van der Waals surface area contributed by atoms with E-state index in [0.29, 0.717) is 36.8 Å². The summed E-state index contributed by atoms with van der Waals surface area (Å²) in [6.45, 7) is 3.74. The Balaban J connectivity index is 1.51. The summed E-state index contributed by atoms with van der Waals surface area (Å²) in [6.07, 6.45) is 8.37. The maximum Gasteiger partial charge on any atom is 0.251 e. The van der Waals surface area contributed by atoms with E-state index in [1.54, 1.807) is 18.2 Å². The van der Waals surface area contributed by atoms with E-state index in [1.165, 1.54) is 42.8 Å². The molecule has 1 heterocycles. The van der Waals surface area contributed by atoms with E-state index in [-0.39, 0.29) is 11.7 Å². The largest absolute Gasteiger partial charge is 0.351 e. The van der Waals surface area contributed by atoms with Crippen LogP contribution in [0.3, 0.4) is 0 Å². The van der Waals surface area contributed by atoms with Gasteiger partial charge in [-0.1, -0.05) is 25.7 Å². The standard InChI is InChI=1S/C20H31N3O3S/c1-16-15-18(23-13-6-14-27(23,25)26)9-10-19(16)20(24)22-12-11-21-17-7-4-2-3-5-8-17/h9-10,15,17,21H,2-8,11-14H2,1H3,(H,22,24). The normalized spacial score (nSPS) is 20.4. The number of amides is 1. The molecule has 27 heavy (non-hydrogen) atoms. The third-order valence-electron chi connectivity index (χ3n) is 5.54. The summed E-state index contributed by atoms with van der Waals surface area (Å²) in [5, 5.41) is 6.52. The van der Waals surface area contributed by atoms with Crippen molar-refractivity contribution in [3.8, 4) is 0 Å². The third-order valence-corrected chi connectivity index (χ3v) is 7.41. The number of nitrogens with one attached hydrogen (secondary N) is 2. The maximum atomic E-state index is 12.5. The number of sulfonamides is 1. The highest BCUT2D eigenvalue weighted by molar-refractivity contribution is 7.93. The van der Waals surface area contributed by atoms with Gasteiger partial charge in [0.15, 0.2) is 0 Å². The van der Waals surface area contributed by atoms with Crippen molar-refractivity contribution < 1.29 is 13.2 Å². The lowest BCUT2D eigenvalue weighted by molar-refractivity contribution is 0.0953. The second-order valence-corrected chi connectivity index (χ2v) is 9.65. The van der Waals surface area contributed by atoms with Crippen molar-refractivity contribution in [1.82, 2.24) is 10.6 Å². The summed E-state index contributed by atoms with van der Waals surface area (Å²) >= 11 is 0. The van der Waals surface area contributed by atoms with Crippen molar-refractivity contribution in [2.75, 3.05) is 29.7 Å². The molecule has 0 spiro atoms. The molecule has 2 N–H and O–H groups in total. The molecule has 3 rings (SSSR count). The molecule has 150 valence electrons. The monoisotopic (exact) mass is 393 g/mol. The molecule has 1 aliphatic heterocycles. The molecule has 0 unspecified atom stereocenters. The van der Waals surface area contributed by atoms with Crippen LogP contribution in [0.5, 0.6) is 0 Å². The minimum atomic E-state index is -3.20. The number of rotatable bonds is 6. The van der Waals surface area contributed by atoms with Crippen LogP contribution < -0.4 is 14.9 Å². The van der Waals surface area contributed by atoms with Crippen LogP contribution >= 0.6 is 0 Å². The number of hydrogen-bond acceptors (Lipinski definition) is 4. The topological polar surface area (TPSA) is 78.5 Å². The van der Waals surface area contributed by atoms with Crippen LogP contribution in [0.15, 0.2) is 18.2 Å². The summed E-state index contributed by atoms with van der Waals surface area (Å²) in [5.41, 5.74) is 2.05. The molecule has 1 amide bonds. The Labute approximate surface area is 162 Å². The smallest absolute Gasteiger partial charge is 0.251 e. The fraction of sp³-hybridized carbons (Fsp3) is 0.650. The summed E-state index contributed by atoms with van der Waals surface area (Å²) in [7, 11) is -3.20. The van der Waals surface area contributed by atoms with Gasteiger partial charge >= 0.3 is 0 Å². The van der Waals surface area contributed by atoms with Crippen molar-refractivity contribution >= 4 is 21.6 Å². The molecule has 1 aliphatic carbocycles. The maximum absolute atomic E-state index is 12.5. The molecule has 0 atom stereocenters. The van der Waals surface area contributed by atoms with Crippen LogP contribution in [0, 0.1) is 6.92 Å². The number of anilines is 1. The predicted molar refractivity (Wildman–Crippen MR) is 109 cm³/mol. The van der Waals surface area contributed by atoms with Crippen LogP contribution in [0.2, 0.25) is 0 Å². The lowest BCUT2D eigenvalue weighted by Gasteiger charge is -2.19. The second-order valence-electron chi connectivity index (χ2n) is 7.64. The van der Waals surface area contributed by atoms with E-state index < -0.39 is 10.0 Å². The van der Waals surface area contributed by atoms with Gasteiger partial charge in [0.2, 0.25) is 10.0 Å². The first-order chi connectivity index (χ1) is 13.0. The third kappa shape index (κ3) is 5.23. The van der Waals surface area contributed by atoms with Gasteiger partial charge in [-0.2, -0.15) is 0 Å². The van der Waals surface area contributed by atoms with Crippen molar-refractivity contribution in [3.05, 3.63) is 29.3 Å². The molecule has 0 radical (unpaired) electrons. The van der Waals surface area contributed by atoms with Gasteiger partial charge in [-0.25, -0.2) is 8.42 Å². The quantitative estimate of drug-likeness (QED) is 0.575. The van der Waals surface area contributed by atoms with Gasteiger partial charge < -0.3 is 10.6 Å². The number of hydrogen-bond donors (Lipinski definition) is 2. The van der Waals surface area contributed by atoms with Crippen LogP contribution in [-0.2, 0) is 10.0 Å². The van der Waals surface area contributed by atoms with Crippen molar-refractivity contribution in [2.24, 2.45) is 0 Å². The highest BCUT2D eigenvalue weighted by Gasteiger charge is 2.28. The SMILES string of the molecule is Cc1cc(N2CCCS2(=O)=O)ccc1C(=O)NCCNC1CCCCCC1. The Morgan fingerprint density at radius 2 is 1.85 bits per heavy atom. The van der Waals surface area contributed by atoms with Crippen molar-refractivity contribution in [3.63, 3.8) is 0 Å². The Morgan fingerprint density at radius 3 is 2.48 bits per heavy atom. The summed E-state index contributed by atoms with van der Waals surface area (Å²) in [4.78, 5) is 12.5. The van der Waals surface area contributed by atoms with Crippen molar-refractivity contribution in [1.29, 1.82) is 0 Å². The van der Waals surface area contributed by atoms with E-state index in [4.69, 9.17) is 0 Å². The van der Waals surface area contributed by atoms with Crippen LogP contribution in [-0.4, -0.2) is 45.8 Å². The zero-order chi connectivity index (χ0) is 19.3. The fourth-order valence-corrected chi connectivity index (χ4v) is 5.57. The summed E-state index contributed by atoms with van der Waals surface area (Å²) in [5.74, 6) is 0.0911. The minimum Gasteiger partial charge on any atom is -0.351 e. The molecule has 1 aromatic rings. The van der Waals surface area contributed by atoms with Crippen LogP contribution in [0.25, 0.3) is 0 Å². The van der Waals surface area contributed by atoms with Gasteiger partial charge in [0.05, 0.1) is 11.4 Å². The number of carbonyl (C=O) groups excluding carboxylic acids is 1. The molecule has 2 fully saturated rings. The summed E-state index contributed by atoms with van der Waals surface area (Å²) in [6, 6.07) is 5.83. The first-order valence-electron chi connectivity index (χ1n) is 10.1. The van der Waals surface area contributed by atoms with E-state index >= 15 is 0 Å². The highest BCUT2D eigenvalue weighted by atomic mass is 32.2. The molecule has 1 saturated carbocycles. The number of carbonyl (C=O) groups is 1. The molecular weight excluding hydrogens is 362 g/mol. The second kappa shape index (κ2) is 9.06. The van der Waals surface area contributed by atoms with Crippen LogP contribution in [0.1, 0.15) is 60.9 Å². The molecule has 0 bridgehead atoms. The fourth-order valence-electron chi connectivity index (χ4n) is 4.02. The number of benzene rings is 1. The minimum absolute atomic E-state index is 0.106. The number of aryl methyl sites for hydroxylation is 1. The zero-order valence-electron chi connectivity index (χ0n) is 16.2. The molecule has 1 aromatic carbocycles. The average Bonchev–Trinajstić information content (AvgIpc) is 2.83. The van der Waals surface area contributed by atoms with E-state index in [0.717, 1.165) is 12.1 Å². The Bertz CT molecular complexity index is 756. The van der Waals surface area contributed by atoms with E-state index in [2.05, 4.69) is 10.6 Å². The Kier molecular flexibility index (Phi) is 6.76. The van der Waals surface area contributed by atoms with Gasteiger partial charge in [0.1, 0.15) is 0 Å². The molecule has 0 aromatic heterocycles. The zero-order valence-corrected chi connectivity index (χ0v) is 17.0. The molecular formula is C20H31N3O3S. The Morgan fingerprint density at radius 1 is 1.11 bits per heavy atom. The average molecular weight is 394 g/mol. The lowest BCUT2D eigenvalue weighted by Crippen LogP contribution is -2.37. The highest BCUT2D eigenvalue weighted by Crippen LogP contribution is 2.26. The molecule has 6 nitrogen and oxygen atoms in total. The Hall–Kier alpha value is -1.60. The van der Waals surface area contributed by atoms with Gasteiger partial charge in [-0.05, 0) is 49.9 Å². The molecule has 2 aliphatic rings. The van der Waals surface area contributed by atoms with Gasteiger partial charge in [0.25, 0.3) is 5.91 Å². The van der Waals surface area contributed by atoms with Crippen LogP contribution in [0.4, 0.5) is 5.69 Å². The lowest BCUT2D eigenvalue weighted by atomic mass is 10.1. The molecule has 1 saturated heterocycles. The molecule has 7 heteroatoms. The predicted octanol–water partition coefficient (Wildman–Crippen LogP) is 2.58. The van der Waals surface area contributed by atoms with Gasteiger partial charge in [-0.15, -0.1) is 0 Å². The number of nitrogens with zero attached hydrogens (tertiary/aromatic N) is 1.